The lowest BCUT2D eigenvalue weighted by atomic mass is 9.85. The van der Waals surface area contributed by atoms with Crippen molar-refractivity contribution in [3.63, 3.8) is 0 Å². The molecular weight excluding hydrogens is 973 g/mol. The van der Waals surface area contributed by atoms with Crippen LogP contribution in [0.25, 0.3) is 6.08 Å². The number of nitrogens with zero attached hydrogens (tertiary/aromatic N) is 4. The molecule has 16 nitrogen and oxygen atoms in total. The van der Waals surface area contributed by atoms with Crippen LogP contribution in [0.15, 0.2) is 107 Å². The van der Waals surface area contributed by atoms with E-state index < -0.39 is 35.0 Å². The zero-order valence-corrected chi connectivity index (χ0v) is 47.2. The van der Waals surface area contributed by atoms with Crippen molar-refractivity contribution in [1.29, 1.82) is 0 Å². The van der Waals surface area contributed by atoms with Gasteiger partial charge >= 0.3 is 0 Å². The van der Waals surface area contributed by atoms with E-state index in [1.807, 2.05) is 166 Å². The van der Waals surface area contributed by atoms with Gasteiger partial charge in [0.1, 0.15) is 24.2 Å². The van der Waals surface area contributed by atoms with Gasteiger partial charge in [-0.3, -0.25) is 28.8 Å². The van der Waals surface area contributed by atoms with E-state index in [4.69, 9.17) is 0 Å². The summed E-state index contributed by atoms with van der Waals surface area (Å²) in [5.74, 6) is -1.45. The van der Waals surface area contributed by atoms with Gasteiger partial charge in [0.2, 0.25) is 35.9 Å². The van der Waals surface area contributed by atoms with Crippen molar-refractivity contribution in [3.8, 4) is 0 Å². The fourth-order valence-electron chi connectivity index (χ4n) is 8.40. The van der Waals surface area contributed by atoms with Gasteiger partial charge in [-0.2, -0.15) is 0 Å². The zero-order valence-electron chi connectivity index (χ0n) is 45.6. The number of carbonyl (C=O) groups excluding carboxylic acids is 6. The molecule has 0 bridgehead atoms. The molecule has 2 heterocycles. The van der Waals surface area contributed by atoms with Crippen molar-refractivity contribution in [3.05, 3.63) is 119 Å². The molecular formula is C56H82N10O6S2. The van der Waals surface area contributed by atoms with Crippen LogP contribution < -0.4 is 31.9 Å². The summed E-state index contributed by atoms with van der Waals surface area (Å²) in [5.41, 5.74) is 1.64. The van der Waals surface area contributed by atoms with Gasteiger partial charge in [0.15, 0.2) is 0 Å². The Morgan fingerprint density at radius 3 is 1.58 bits per heavy atom. The molecule has 2 aliphatic rings. The molecule has 3 aromatic rings. The number of likely N-dealkylation sites (N-methyl/N-ethyl adjacent to an activating group) is 1. The van der Waals surface area contributed by atoms with Gasteiger partial charge < -0.3 is 41.7 Å². The lowest BCUT2D eigenvalue weighted by molar-refractivity contribution is -0.147. The minimum absolute atomic E-state index is 0.0579. The molecule has 3 aromatic carbocycles. The molecule has 0 aliphatic carbocycles. The van der Waals surface area contributed by atoms with E-state index in [9.17, 15) is 28.8 Å². The minimum Gasteiger partial charge on any atom is -0.348 e. The third kappa shape index (κ3) is 18.4. The Labute approximate surface area is 449 Å². The van der Waals surface area contributed by atoms with E-state index in [-0.39, 0.29) is 67.8 Å². The highest BCUT2D eigenvalue weighted by Gasteiger charge is 2.44. The molecule has 404 valence electrons. The summed E-state index contributed by atoms with van der Waals surface area (Å²) in [6.07, 6.45) is 6.60. The van der Waals surface area contributed by atoms with Crippen LogP contribution in [-0.4, -0.2) is 145 Å². The second-order valence-electron chi connectivity index (χ2n) is 20.6. The summed E-state index contributed by atoms with van der Waals surface area (Å²) < 4.78 is 4.21. The maximum atomic E-state index is 14.4. The number of allylic oxidation sites excluding steroid dienone is 2. The first-order valence-electron chi connectivity index (χ1n) is 25.6. The number of piperazine rings is 2. The zero-order chi connectivity index (χ0) is 54.6. The Hall–Kier alpha value is -5.50. The predicted molar refractivity (Wildman–Crippen MR) is 300 cm³/mol. The first-order chi connectivity index (χ1) is 35.1. The van der Waals surface area contributed by atoms with Crippen LogP contribution in [0.5, 0.6) is 0 Å². The molecule has 0 radical (unpaired) electrons. The normalized spacial score (nSPS) is 18.5. The Morgan fingerprint density at radius 1 is 0.662 bits per heavy atom. The van der Waals surface area contributed by atoms with Gasteiger partial charge in [0.05, 0.1) is 18.6 Å². The standard InChI is InChI=1S/C53H73N9O6S2.C3H9N/c1-11-18-42(70-60-28-30-62(51(68)47(53(7,8)9)58-45(64)32-54-10)44(34-60)49(66)57-37(3)40-21-16-13-17-22-40)31-38-23-25-41(26-24-38)69-59-27-29-61(50(67)46(55-35-63)52(4,5)6)43(33-59)48(65)56-36(2)39-19-14-12-15-20-39;1-3-4-2/h11-26,31,35-37,43-44,46-47,54H,27-30,32-34H2,1-10H3,(H,55,63)(H,56,65)(H,57,66)(H,58,64);4H,3H2,1-2H3/b18-11-,42-31+;. The second-order valence-corrected chi connectivity index (χ2v) is 23.0. The SMILES string of the molecule is C/C=C\C(=C/c1ccc(SN2CCN(C(=O)C(NC=O)C(C)(C)C)C(C(=O)NC(C)c3ccccc3)C2)cc1)SN1CCN(C(=O)C(NC(=O)CNC)C(C)(C)C)C(C(=O)NC(C)c2ccccc2)C1.CCNC. The molecule has 0 saturated carbocycles. The Morgan fingerprint density at radius 2 is 1.14 bits per heavy atom. The monoisotopic (exact) mass is 1050 g/mol. The molecule has 74 heavy (non-hydrogen) atoms. The van der Waals surface area contributed by atoms with Gasteiger partial charge in [-0.25, -0.2) is 8.61 Å². The van der Waals surface area contributed by atoms with Gasteiger partial charge in [0.25, 0.3) is 0 Å². The molecule has 5 rings (SSSR count). The quantitative estimate of drug-likeness (QED) is 0.0430. The molecule has 6 N–H and O–H groups in total. The van der Waals surface area contributed by atoms with Gasteiger partial charge in [-0.15, -0.1) is 0 Å². The van der Waals surface area contributed by atoms with E-state index in [2.05, 4.69) is 53.5 Å². The molecule has 0 aromatic heterocycles. The average Bonchev–Trinajstić information content (AvgIpc) is 3.37. The van der Waals surface area contributed by atoms with E-state index in [0.29, 0.717) is 26.0 Å². The van der Waals surface area contributed by atoms with Crippen molar-refractivity contribution >= 4 is 65.9 Å². The fraction of sp³-hybridized carbons (Fsp3) is 0.500. The van der Waals surface area contributed by atoms with Gasteiger partial charge in [-0.05, 0) is 111 Å². The number of benzene rings is 3. The minimum atomic E-state index is -0.851. The van der Waals surface area contributed by atoms with Crippen molar-refractivity contribution in [2.24, 2.45) is 10.8 Å². The highest BCUT2D eigenvalue weighted by atomic mass is 32.2. The first kappa shape index (κ1) is 61.1. The number of hydrogen-bond acceptors (Lipinski definition) is 12. The average molecular weight is 1060 g/mol. The largest absolute Gasteiger partial charge is 0.348 e. The van der Waals surface area contributed by atoms with E-state index >= 15 is 0 Å². The lowest BCUT2D eigenvalue weighted by Gasteiger charge is -2.43. The van der Waals surface area contributed by atoms with Crippen molar-refractivity contribution in [2.45, 2.75) is 110 Å². The first-order valence-corrected chi connectivity index (χ1v) is 27.1. The molecule has 0 spiro atoms. The van der Waals surface area contributed by atoms with Gasteiger partial charge in [0, 0.05) is 49.1 Å². The molecule has 18 heteroatoms. The van der Waals surface area contributed by atoms with Crippen LogP contribution in [-0.2, 0) is 28.8 Å². The number of carbonyl (C=O) groups is 6. The summed E-state index contributed by atoms with van der Waals surface area (Å²) >= 11 is 3.04. The third-order valence-electron chi connectivity index (χ3n) is 12.6. The van der Waals surface area contributed by atoms with Crippen LogP contribution in [0.1, 0.15) is 98.0 Å². The highest BCUT2D eigenvalue weighted by Crippen LogP contribution is 2.33. The number of rotatable bonds is 20. The van der Waals surface area contributed by atoms with Crippen LogP contribution >= 0.6 is 23.9 Å². The Kier molecular flexibility index (Phi) is 24.4. The molecule has 2 fully saturated rings. The third-order valence-corrected chi connectivity index (χ3v) is 14.7. The molecule has 6 amide bonds. The van der Waals surface area contributed by atoms with E-state index in [0.717, 1.165) is 33.0 Å². The Balaban J connectivity index is 0.00000286. The predicted octanol–water partition coefficient (Wildman–Crippen LogP) is 6.18. The smallest absolute Gasteiger partial charge is 0.246 e. The number of amides is 6. The lowest BCUT2D eigenvalue weighted by Crippen LogP contribution is -2.64. The van der Waals surface area contributed by atoms with Crippen molar-refractivity contribution < 1.29 is 28.8 Å². The maximum absolute atomic E-state index is 14.4. The summed E-state index contributed by atoms with van der Waals surface area (Å²) in [6.45, 7) is 22.4. The van der Waals surface area contributed by atoms with Crippen molar-refractivity contribution in [2.75, 3.05) is 66.5 Å². The summed E-state index contributed by atoms with van der Waals surface area (Å²) in [5, 5.41) is 17.7. The molecule has 2 aliphatic heterocycles. The molecule has 6 unspecified atom stereocenters. The maximum Gasteiger partial charge on any atom is 0.246 e. The molecule has 2 saturated heterocycles. The summed E-state index contributed by atoms with van der Waals surface area (Å²) in [6, 6.07) is 23.6. The fourth-order valence-corrected chi connectivity index (χ4v) is 10.4. The summed E-state index contributed by atoms with van der Waals surface area (Å²) in [4.78, 5) is 86.4. The van der Waals surface area contributed by atoms with Crippen molar-refractivity contribution in [1.82, 2.24) is 50.3 Å². The van der Waals surface area contributed by atoms with Crippen LogP contribution in [0.3, 0.4) is 0 Å². The number of hydrogen-bond donors (Lipinski definition) is 6. The van der Waals surface area contributed by atoms with E-state index in [1.54, 1.807) is 16.8 Å². The Bertz CT molecular complexity index is 2340. The summed E-state index contributed by atoms with van der Waals surface area (Å²) in [7, 11) is 3.60. The van der Waals surface area contributed by atoms with Gasteiger partial charge in [-0.1, -0.05) is 133 Å². The molecule has 6 atom stereocenters. The highest BCUT2D eigenvalue weighted by molar-refractivity contribution is 8.01. The number of nitrogens with one attached hydrogen (secondary N) is 6. The van der Waals surface area contributed by atoms with Crippen LogP contribution in [0, 0.1) is 10.8 Å². The van der Waals surface area contributed by atoms with E-state index in [1.165, 1.54) is 23.9 Å². The topological polar surface area (TPSA) is 188 Å². The second kappa shape index (κ2) is 29.6. The van der Waals surface area contributed by atoms with Crippen LogP contribution in [0.2, 0.25) is 0 Å². The van der Waals surface area contributed by atoms with Crippen LogP contribution in [0.4, 0.5) is 0 Å².